The highest BCUT2D eigenvalue weighted by atomic mass is 16.5. The Morgan fingerprint density at radius 1 is 0.686 bits per heavy atom. The van der Waals surface area contributed by atoms with Gasteiger partial charge in [0.15, 0.2) is 17.5 Å². The molecule has 0 N–H and O–H groups in total. The van der Waals surface area contributed by atoms with Gasteiger partial charge >= 0.3 is 5.97 Å². The van der Waals surface area contributed by atoms with Crippen molar-refractivity contribution in [2.24, 2.45) is 5.92 Å². The summed E-state index contributed by atoms with van der Waals surface area (Å²) in [5, 5.41) is 0. The summed E-state index contributed by atoms with van der Waals surface area (Å²) in [7, 11) is 1.17. The van der Waals surface area contributed by atoms with Gasteiger partial charge in [-0.05, 0) is 37.6 Å². The van der Waals surface area contributed by atoms with E-state index in [1.807, 2.05) is 0 Å². The van der Waals surface area contributed by atoms with Crippen LogP contribution in [-0.4, -0.2) is 31.3 Å². The number of hydrogen-bond donors (Lipinski definition) is 0. The van der Waals surface area contributed by atoms with Gasteiger partial charge in [0.25, 0.3) is 0 Å². The van der Waals surface area contributed by atoms with Gasteiger partial charge in [0.05, 0.1) is 13.7 Å². The lowest BCUT2D eigenvalue weighted by molar-refractivity contribution is -0.146. The minimum absolute atomic E-state index is 0.297. The summed E-state index contributed by atoms with van der Waals surface area (Å²) in [5.74, 6) is -2.62. The van der Waals surface area contributed by atoms with E-state index in [1.165, 1.54) is 104 Å². The Kier molecular flexibility index (Phi) is 17.7. The Morgan fingerprint density at radius 2 is 1.11 bits per heavy atom. The van der Waals surface area contributed by atoms with E-state index in [9.17, 15) is 14.4 Å². The Labute approximate surface area is 213 Å². The van der Waals surface area contributed by atoms with Crippen LogP contribution in [0, 0.1) is 5.92 Å². The van der Waals surface area contributed by atoms with Crippen LogP contribution in [0.5, 0.6) is 5.75 Å². The number of Topliss-reactive ketones (excluding diaryl/α,β-unsaturated/α-hetero) is 2. The summed E-state index contributed by atoms with van der Waals surface area (Å²) in [5.41, 5.74) is 0.297. The second-order valence-corrected chi connectivity index (χ2v) is 9.61. The van der Waals surface area contributed by atoms with Gasteiger partial charge in [-0.25, -0.2) is 0 Å². The van der Waals surface area contributed by atoms with Crippen LogP contribution < -0.4 is 4.74 Å². The Hall–Kier alpha value is -2.17. The minimum Gasteiger partial charge on any atom is -0.494 e. The second-order valence-electron chi connectivity index (χ2n) is 9.61. The second kappa shape index (κ2) is 20.1. The third kappa shape index (κ3) is 14.1. The van der Waals surface area contributed by atoms with Crippen molar-refractivity contribution in [1.82, 2.24) is 0 Å². The number of carbonyl (C=O) groups excluding carboxylic acids is 3. The van der Waals surface area contributed by atoms with Gasteiger partial charge in [0, 0.05) is 5.56 Å². The van der Waals surface area contributed by atoms with Gasteiger partial charge in [-0.1, -0.05) is 103 Å². The summed E-state index contributed by atoms with van der Waals surface area (Å²) in [4.78, 5) is 35.9. The lowest BCUT2D eigenvalue weighted by Crippen LogP contribution is -2.31. The topological polar surface area (TPSA) is 69.7 Å². The van der Waals surface area contributed by atoms with Crippen molar-refractivity contribution in [3.05, 3.63) is 29.8 Å². The minimum atomic E-state index is -1.41. The Morgan fingerprint density at radius 3 is 1.51 bits per heavy atom. The molecule has 0 aliphatic carbocycles. The summed E-state index contributed by atoms with van der Waals surface area (Å²) in [6.07, 6.45) is 21.4. The molecule has 0 aliphatic rings. The highest BCUT2D eigenvalue weighted by Crippen LogP contribution is 2.18. The molecule has 0 heterocycles. The quantitative estimate of drug-likeness (QED) is 0.0718. The average molecular weight is 489 g/mol. The summed E-state index contributed by atoms with van der Waals surface area (Å²) >= 11 is 0. The molecular formula is C30H48O5. The van der Waals surface area contributed by atoms with Crippen molar-refractivity contribution >= 4 is 17.5 Å². The number of benzene rings is 1. The van der Waals surface area contributed by atoms with E-state index in [1.54, 1.807) is 24.3 Å². The standard InChI is InChI=1S/C30H48O5/c1-4-5-6-7-8-9-10-11-12-13-14-15-16-17-18-19-24-35-27-22-20-26(21-23-27)29(32)28(25(2)31)30(33)34-3/h20-23,28H,4-19,24H2,1-3H3. The molecule has 35 heavy (non-hydrogen) atoms. The van der Waals surface area contributed by atoms with Crippen molar-refractivity contribution in [2.45, 2.75) is 117 Å². The van der Waals surface area contributed by atoms with Crippen LogP contribution in [0.1, 0.15) is 127 Å². The average Bonchev–Trinajstić information content (AvgIpc) is 2.86. The van der Waals surface area contributed by atoms with Crippen molar-refractivity contribution in [3.63, 3.8) is 0 Å². The van der Waals surface area contributed by atoms with Gasteiger partial charge in [-0.2, -0.15) is 0 Å². The molecule has 5 nitrogen and oxygen atoms in total. The van der Waals surface area contributed by atoms with E-state index in [-0.39, 0.29) is 0 Å². The van der Waals surface area contributed by atoms with Gasteiger partial charge in [-0.15, -0.1) is 0 Å². The molecule has 0 radical (unpaired) electrons. The number of ether oxygens (including phenoxy) is 2. The number of esters is 1. The first-order valence-corrected chi connectivity index (χ1v) is 13.9. The monoisotopic (exact) mass is 488 g/mol. The molecule has 0 amide bonds. The molecule has 1 aromatic carbocycles. The number of ketones is 2. The number of rotatable bonds is 22. The molecule has 1 aromatic rings. The fraction of sp³-hybridized carbons (Fsp3) is 0.700. The third-order valence-electron chi connectivity index (χ3n) is 6.51. The van der Waals surface area contributed by atoms with E-state index in [0.29, 0.717) is 17.9 Å². The first-order valence-electron chi connectivity index (χ1n) is 13.9. The van der Waals surface area contributed by atoms with E-state index < -0.39 is 23.5 Å². The van der Waals surface area contributed by atoms with Crippen LogP contribution in [0.4, 0.5) is 0 Å². The van der Waals surface area contributed by atoms with E-state index >= 15 is 0 Å². The predicted molar refractivity (Wildman–Crippen MR) is 142 cm³/mol. The molecule has 0 saturated carbocycles. The molecule has 0 aliphatic heterocycles. The van der Waals surface area contributed by atoms with Crippen LogP contribution in [0.25, 0.3) is 0 Å². The predicted octanol–water partition coefficient (Wildman–Crippen LogP) is 7.89. The van der Waals surface area contributed by atoms with Crippen LogP contribution in [0.3, 0.4) is 0 Å². The van der Waals surface area contributed by atoms with Gasteiger partial charge < -0.3 is 9.47 Å². The first-order chi connectivity index (χ1) is 17.0. The summed E-state index contributed by atoms with van der Waals surface area (Å²) < 4.78 is 10.3. The Bertz CT molecular complexity index is 710. The lowest BCUT2D eigenvalue weighted by atomic mass is 9.94. The van der Waals surface area contributed by atoms with E-state index in [2.05, 4.69) is 11.7 Å². The zero-order chi connectivity index (χ0) is 25.7. The van der Waals surface area contributed by atoms with Crippen molar-refractivity contribution < 1.29 is 23.9 Å². The maximum absolute atomic E-state index is 12.5. The molecule has 0 fully saturated rings. The molecule has 198 valence electrons. The van der Waals surface area contributed by atoms with Crippen molar-refractivity contribution in [3.8, 4) is 5.75 Å². The van der Waals surface area contributed by atoms with Gasteiger partial charge in [0.2, 0.25) is 0 Å². The number of unbranched alkanes of at least 4 members (excludes halogenated alkanes) is 15. The summed E-state index contributed by atoms with van der Waals surface area (Å²) in [6.45, 7) is 4.13. The number of carbonyl (C=O) groups is 3. The molecular weight excluding hydrogens is 440 g/mol. The Balaban J connectivity index is 2.04. The van der Waals surface area contributed by atoms with Crippen LogP contribution in [0.15, 0.2) is 24.3 Å². The maximum atomic E-state index is 12.5. The summed E-state index contributed by atoms with van der Waals surface area (Å²) in [6, 6.07) is 6.58. The SMILES string of the molecule is CCCCCCCCCCCCCCCCCCOc1ccc(C(=O)C(C(C)=O)C(=O)OC)cc1. The number of methoxy groups -OCH3 is 1. The maximum Gasteiger partial charge on any atom is 0.324 e. The largest absolute Gasteiger partial charge is 0.494 e. The van der Waals surface area contributed by atoms with Crippen LogP contribution in [0.2, 0.25) is 0 Å². The highest BCUT2D eigenvalue weighted by Gasteiger charge is 2.32. The third-order valence-corrected chi connectivity index (χ3v) is 6.51. The first kappa shape index (κ1) is 30.9. The molecule has 0 bridgehead atoms. The zero-order valence-corrected chi connectivity index (χ0v) is 22.4. The van der Waals surface area contributed by atoms with Crippen molar-refractivity contribution in [1.29, 1.82) is 0 Å². The zero-order valence-electron chi connectivity index (χ0n) is 22.4. The lowest BCUT2D eigenvalue weighted by Gasteiger charge is -2.11. The normalized spacial score (nSPS) is 11.7. The molecule has 5 heteroatoms. The van der Waals surface area contributed by atoms with E-state index in [0.717, 1.165) is 12.8 Å². The molecule has 1 rings (SSSR count). The van der Waals surface area contributed by atoms with Gasteiger partial charge in [-0.3, -0.25) is 14.4 Å². The number of hydrogen-bond acceptors (Lipinski definition) is 5. The van der Waals surface area contributed by atoms with Crippen LogP contribution in [-0.2, 0) is 14.3 Å². The van der Waals surface area contributed by atoms with Crippen LogP contribution >= 0.6 is 0 Å². The highest BCUT2D eigenvalue weighted by molar-refractivity contribution is 6.22. The fourth-order valence-corrected chi connectivity index (χ4v) is 4.30. The fourth-order valence-electron chi connectivity index (χ4n) is 4.30. The smallest absolute Gasteiger partial charge is 0.324 e. The molecule has 0 aromatic heterocycles. The van der Waals surface area contributed by atoms with Gasteiger partial charge in [0.1, 0.15) is 5.75 Å². The molecule has 1 atom stereocenters. The van der Waals surface area contributed by atoms with E-state index in [4.69, 9.17) is 4.74 Å². The van der Waals surface area contributed by atoms with Crippen molar-refractivity contribution in [2.75, 3.05) is 13.7 Å². The molecule has 0 saturated heterocycles. The molecule has 0 spiro atoms. The molecule has 1 unspecified atom stereocenters.